The molecule has 0 heterocycles. The second-order valence-electron chi connectivity index (χ2n) is 7.35. The van der Waals surface area contributed by atoms with E-state index < -0.39 is 0 Å². The summed E-state index contributed by atoms with van der Waals surface area (Å²) in [7, 11) is 0. The molecule has 0 aliphatic carbocycles. The third kappa shape index (κ3) is 5.06. The molecule has 0 aliphatic heterocycles. The molecule has 0 bridgehead atoms. The van der Waals surface area contributed by atoms with Gasteiger partial charge in [-0.2, -0.15) is 0 Å². The highest BCUT2D eigenvalue weighted by Crippen LogP contribution is 2.24. The molecule has 0 spiro atoms. The lowest BCUT2D eigenvalue weighted by Crippen LogP contribution is -2.12. The number of carbonyl (C=O) groups excluding carboxylic acids is 1. The number of hydrogen-bond acceptors (Lipinski definition) is 1. The zero-order valence-electron chi connectivity index (χ0n) is 16.0. The summed E-state index contributed by atoms with van der Waals surface area (Å²) in [5, 5.41) is 3.06. The van der Waals surface area contributed by atoms with Crippen LogP contribution in [0.1, 0.15) is 56.9 Å². The maximum Gasteiger partial charge on any atom is 0.248 e. The lowest BCUT2D eigenvalue weighted by atomic mass is 9.87. The fourth-order valence-corrected chi connectivity index (χ4v) is 2.83. The first-order valence-corrected chi connectivity index (χ1v) is 9.05. The lowest BCUT2D eigenvalue weighted by Gasteiger charge is -2.18. The molecule has 1 amide bonds. The van der Waals surface area contributed by atoms with Gasteiger partial charge in [-0.1, -0.05) is 77.1 Å². The van der Waals surface area contributed by atoms with E-state index in [2.05, 4.69) is 82.4 Å². The molecular weight excluding hydrogens is 306 g/mol. The van der Waals surface area contributed by atoms with E-state index >= 15 is 0 Å². The van der Waals surface area contributed by atoms with Crippen molar-refractivity contribution in [1.82, 2.24) is 0 Å². The van der Waals surface area contributed by atoms with Crippen molar-refractivity contribution in [3.05, 3.63) is 70.8 Å². The van der Waals surface area contributed by atoms with Crippen molar-refractivity contribution in [3.8, 4) is 0 Å². The summed E-state index contributed by atoms with van der Waals surface area (Å²) in [5.41, 5.74) is 5.78. The van der Waals surface area contributed by atoms with Gasteiger partial charge < -0.3 is 5.32 Å². The fourth-order valence-electron chi connectivity index (χ4n) is 2.83. The third-order valence-corrected chi connectivity index (χ3v) is 4.45. The molecule has 2 nitrogen and oxygen atoms in total. The molecule has 2 aromatic carbocycles. The number of anilines is 1. The first kappa shape index (κ1) is 19.0. The van der Waals surface area contributed by atoms with Gasteiger partial charge in [-0.05, 0) is 46.6 Å². The van der Waals surface area contributed by atoms with Gasteiger partial charge in [-0.15, -0.1) is 0 Å². The Labute approximate surface area is 152 Å². The summed E-state index contributed by atoms with van der Waals surface area (Å²) >= 11 is 0. The minimum atomic E-state index is -0.0875. The number of carbonyl (C=O) groups is 1. The van der Waals surface area contributed by atoms with E-state index in [-0.39, 0.29) is 11.3 Å². The average molecular weight is 335 g/mol. The summed E-state index contributed by atoms with van der Waals surface area (Å²) in [6.45, 7) is 10.8. The number of hydrogen-bond donors (Lipinski definition) is 1. The SMILES string of the molecule is CCc1cccc(CC)c1NC(=O)C=Cc1ccc(C(C)(C)C)cc1. The summed E-state index contributed by atoms with van der Waals surface area (Å²) in [6, 6.07) is 14.6. The molecule has 0 aliphatic rings. The van der Waals surface area contributed by atoms with Gasteiger partial charge in [0.1, 0.15) is 0 Å². The van der Waals surface area contributed by atoms with Gasteiger partial charge in [0.2, 0.25) is 5.91 Å². The van der Waals surface area contributed by atoms with Crippen LogP contribution in [-0.2, 0) is 23.1 Å². The van der Waals surface area contributed by atoms with Crippen LogP contribution in [0.5, 0.6) is 0 Å². The lowest BCUT2D eigenvalue weighted by molar-refractivity contribution is -0.111. The molecule has 0 atom stereocenters. The van der Waals surface area contributed by atoms with Crippen molar-refractivity contribution in [3.63, 3.8) is 0 Å². The Morgan fingerprint density at radius 1 is 0.960 bits per heavy atom. The van der Waals surface area contributed by atoms with Gasteiger partial charge in [0.25, 0.3) is 0 Å². The zero-order chi connectivity index (χ0) is 18.4. The quantitative estimate of drug-likeness (QED) is 0.691. The van der Waals surface area contributed by atoms with Crippen LogP contribution in [0, 0.1) is 0 Å². The number of para-hydroxylation sites is 1. The number of aryl methyl sites for hydroxylation is 2. The van der Waals surface area contributed by atoms with Crippen LogP contribution < -0.4 is 5.32 Å². The van der Waals surface area contributed by atoms with Crippen LogP contribution in [0.2, 0.25) is 0 Å². The molecule has 2 heteroatoms. The number of nitrogens with one attached hydrogen (secondary N) is 1. The molecule has 0 aromatic heterocycles. The van der Waals surface area contributed by atoms with Crippen LogP contribution in [-0.4, -0.2) is 5.91 Å². The van der Waals surface area contributed by atoms with E-state index in [0.717, 1.165) is 24.1 Å². The number of benzene rings is 2. The first-order valence-electron chi connectivity index (χ1n) is 9.05. The average Bonchev–Trinajstić information content (AvgIpc) is 2.59. The Hall–Kier alpha value is -2.35. The maximum absolute atomic E-state index is 12.4. The second-order valence-corrected chi connectivity index (χ2v) is 7.35. The van der Waals surface area contributed by atoms with E-state index in [1.165, 1.54) is 16.7 Å². The summed E-state index contributed by atoms with van der Waals surface area (Å²) < 4.78 is 0. The summed E-state index contributed by atoms with van der Waals surface area (Å²) in [4.78, 5) is 12.4. The third-order valence-electron chi connectivity index (χ3n) is 4.45. The Bertz CT molecular complexity index is 726. The Morgan fingerprint density at radius 2 is 1.52 bits per heavy atom. The van der Waals surface area contributed by atoms with Gasteiger partial charge in [-0.25, -0.2) is 0 Å². The van der Waals surface area contributed by atoms with E-state index in [0.29, 0.717) is 0 Å². The smallest absolute Gasteiger partial charge is 0.248 e. The topological polar surface area (TPSA) is 29.1 Å². The maximum atomic E-state index is 12.4. The highest BCUT2D eigenvalue weighted by Gasteiger charge is 2.12. The second kappa shape index (κ2) is 8.15. The summed E-state index contributed by atoms with van der Waals surface area (Å²) in [6.07, 6.45) is 5.28. The molecule has 0 saturated heterocycles. The molecule has 0 radical (unpaired) electrons. The van der Waals surface area contributed by atoms with Crippen molar-refractivity contribution < 1.29 is 4.79 Å². The molecule has 2 rings (SSSR count). The Morgan fingerprint density at radius 3 is 2.00 bits per heavy atom. The van der Waals surface area contributed by atoms with Crippen molar-refractivity contribution >= 4 is 17.7 Å². The molecule has 1 N–H and O–H groups in total. The van der Waals surface area contributed by atoms with Gasteiger partial charge >= 0.3 is 0 Å². The van der Waals surface area contributed by atoms with E-state index in [4.69, 9.17) is 0 Å². The molecular formula is C23H29NO. The standard InChI is InChI=1S/C23H29NO/c1-6-18-9-8-10-19(7-2)22(18)24-21(25)16-13-17-11-14-20(15-12-17)23(3,4)5/h8-16H,6-7H2,1-5H3,(H,24,25). The zero-order valence-corrected chi connectivity index (χ0v) is 16.0. The minimum absolute atomic E-state index is 0.0875. The summed E-state index contributed by atoms with van der Waals surface area (Å²) in [5.74, 6) is -0.0875. The molecule has 0 saturated carbocycles. The van der Waals surface area contributed by atoms with Crippen molar-refractivity contribution in [2.45, 2.75) is 52.9 Å². The van der Waals surface area contributed by atoms with Gasteiger partial charge in [0.15, 0.2) is 0 Å². The molecule has 0 fully saturated rings. The van der Waals surface area contributed by atoms with E-state index in [1.807, 2.05) is 6.08 Å². The Balaban J connectivity index is 2.11. The van der Waals surface area contributed by atoms with E-state index in [9.17, 15) is 4.79 Å². The normalized spacial score (nSPS) is 11.7. The van der Waals surface area contributed by atoms with Crippen molar-refractivity contribution in [2.24, 2.45) is 0 Å². The minimum Gasteiger partial charge on any atom is -0.322 e. The van der Waals surface area contributed by atoms with Gasteiger partial charge in [0, 0.05) is 11.8 Å². The molecule has 2 aromatic rings. The highest BCUT2D eigenvalue weighted by molar-refractivity contribution is 6.02. The largest absolute Gasteiger partial charge is 0.322 e. The van der Waals surface area contributed by atoms with Gasteiger partial charge in [-0.3, -0.25) is 4.79 Å². The van der Waals surface area contributed by atoms with Crippen molar-refractivity contribution in [2.75, 3.05) is 5.32 Å². The Kier molecular flexibility index (Phi) is 6.19. The predicted octanol–water partition coefficient (Wildman–Crippen LogP) is 5.76. The van der Waals surface area contributed by atoms with E-state index in [1.54, 1.807) is 6.08 Å². The number of amides is 1. The van der Waals surface area contributed by atoms with Gasteiger partial charge in [0.05, 0.1) is 0 Å². The van der Waals surface area contributed by atoms with Crippen molar-refractivity contribution in [1.29, 1.82) is 0 Å². The van der Waals surface area contributed by atoms with Crippen LogP contribution in [0.25, 0.3) is 6.08 Å². The van der Waals surface area contributed by atoms with Crippen LogP contribution in [0.3, 0.4) is 0 Å². The monoisotopic (exact) mass is 335 g/mol. The molecule has 132 valence electrons. The predicted molar refractivity (Wildman–Crippen MR) is 108 cm³/mol. The first-order chi connectivity index (χ1) is 11.8. The molecule has 0 unspecified atom stereocenters. The molecule has 25 heavy (non-hydrogen) atoms. The van der Waals surface area contributed by atoms with Crippen LogP contribution in [0.4, 0.5) is 5.69 Å². The fraction of sp³-hybridized carbons (Fsp3) is 0.348. The van der Waals surface area contributed by atoms with Crippen LogP contribution >= 0.6 is 0 Å². The van der Waals surface area contributed by atoms with Crippen LogP contribution in [0.15, 0.2) is 48.5 Å². The number of rotatable bonds is 5. The highest BCUT2D eigenvalue weighted by atomic mass is 16.1.